The monoisotopic (exact) mass is 372 g/mol. The van der Waals surface area contributed by atoms with Crippen LogP contribution in [0.15, 0.2) is 42.5 Å². The third kappa shape index (κ3) is 5.13. The Morgan fingerprint density at radius 2 is 2.04 bits per heavy atom. The fraction of sp³-hybridized carbons (Fsp3) is 0.409. The Kier molecular flexibility index (Phi) is 6.22. The van der Waals surface area contributed by atoms with Crippen LogP contribution in [0, 0.1) is 17.6 Å². The minimum absolute atomic E-state index is 0.0128. The van der Waals surface area contributed by atoms with Crippen molar-refractivity contribution in [1.29, 1.82) is 0 Å². The zero-order valence-electron chi connectivity index (χ0n) is 15.8. The van der Waals surface area contributed by atoms with Crippen molar-refractivity contribution in [3.05, 3.63) is 59.7 Å². The number of hydrogen-bond acceptors (Lipinski definition) is 2. The number of halogens is 2. The Hall–Kier alpha value is -2.27. The van der Waals surface area contributed by atoms with Gasteiger partial charge in [-0.1, -0.05) is 18.2 Å². The lowest BCUT2D eigenvalue weighted by Gasteiger charge is -2.32. The maximum absolute atomic E-state index is 14.1. The van der Waals surface area contributed by atoms with Gasteiger partial charge in [-0.25, -0.2) is 8.78 Å². The Balaban J connectivity index is 1.70. The predicted octanol–water partition coefficient (Wildman–Crippen LogP) is 4.37. The average molecular weight is 372 g/mol. The van der Waals surface area contributed by atoms with Crippen LogP contribution in [0.2, 0.25) is 0 Å². The molecule has 1 heterocycles. The lowest BCUT2D eigenvalue weighted by Crippen LogP contribution is -2.44. The normalized spacial score (nSPS) is 17.9. The van der Waals surface area contributed by atoms with E-state index in [1.165, 1.54) is 12.1 Å². The Labute approximate surface area is 159 Å². The summed E-state index contributed by atoms with van der Waals surface area (Å²) in [6.07, 6.45) is 1.90. The number of nitrogens with one attached hydrogen (secondary N) is 1. The molecular weight excluding hydrogens is 346 g/mol. The van der Waals surface area contributed by atoms with Crippen molar-refractivity contribution in [2.75, 3.05) is 13.1 Å². The van der Waals surface area contributed by atoms with E-state index >= 15 is 0 Å². The van der Waals surface area contributed by atoms with Gasteiger partial charge in [-0.05, 0) is 62.6 Å². The molecule has 144 valence electrons. The molecule has 0 radical (unpaired) electrons. The van der Waals surface area contributed by atoms with E-state index in [1.807, 2.05) is 38.1 Å². The highest BCUT2D eigenvalue weighted by atomic mass is 19.1. The Morgan fingerprint density at radius 1 is 1.22 bits per heavy atom. The molecule has 0 aliphatic carbocycles. The van der Waals surface area contributed by atoms with Crippen molar-refractivity contribution in [1.82, 2.24) is 10.2 Å². The van der Waals surface area contributed by atoms with Crippen LogP contribution in [-0.4, -0.2) is 29.9 Å². The van der Waals surface area contributed by atoms with Gasteiger partial charge in [0.25, 0.3) is 0 Å². The molecule has 1 amide bonds. The average Bonchev–Trinajstić information content (AvgIpc) is 2.61. The molecule has 5 heteroatoms. The first-order valence-electron chi connectivity index (χ1n) is 9.49. The molecule has 0 bridgehead atoms. The van der Waals surface area contributed by atoms with Gasteiger partial charge in [-0.3, -0.25) is 9.69 Å². The van der Waals surface area contributed by atoms with Gasteiger partial charge in [0, 0.05) is 30.8 Å². The number of carbonyl (C=O) groups is 1. The highest BCUT2D eigenvalue weighted by Gasteiger charge is 2.26. The summed E-state index contributed by atoms with van der Waals surface area (Å²) < 4.78 is 27.2. The molecule has 1 N–H and O–H groups in total. The number of carbonyl (C=O) groups excluding carboxylic acids is 1. The summed E-state index contributed by atoms with van der Waals surface area (Å²) in [4.78, 5) is 14.6. The zero-order chi connectivity index (χ0) is 19.4. The molecule has 1 unspecified atom stereocenters. The molecule has 1 saturated heterocycles. The van der Waals surface area contributed by atoms with Gasteiger partial charge in [0.05, 0.1) is 5.92 Å². The van der Waals surface area contributed by atoms with Crippen LogP contribution in [0.4, 0.5) is 8.78 Å². The number of benzene rings is 2. The third-order valence-electron chi connectivity index (χ3n) is 4.88. The SMILES string of the molecule is CC(C)NC(=O)C1CCCN(Cc2cccc(-c3ccc(F)cc3F)c2)C1. The van der Waals surface area contributed by atoms with E-state index < -0.39 is 11.6 Å². The van der Waals surface area contributed by atoms with Crippen LogP contribution in [0.25, 0.3) is 11.1 Å². The van der Waals surface area contributed by atoms with Crippen LogP contribution in [0.1, 0.15) is 32.3 Å². The second kappa shape index (κ2) is 8.61. The van der Waals surface area contributed by atoms with E-state index in [0.717, 1.165) is 43.1 Å². The van der Waals surface area contributed by atoms with Crippen LogP contribution < -0.4 is 5.32 Å². The maximum atomic E-state index is 14.1. The minimum atomic E-state index is -0.577. The van der Waals surface area contributed by atoms with Crippen LogP contribution >= 0.6 is 0 Å². The van der Waals surface area contributed by atoms with Crippen LogP contribution in [0.3, 0.4) is 0 Å². The summed E-state index contributed by atoms with van der Waals surface area (Å²) >= 11 is 0. The fourth-order valence-corrected chi connectivity index (χ4v) is 3.63. The predicted molar refractivity (Wildman–Crippen MR) is 103 cm³/mol. The highest BCUT2D eigenvalue weighted by molar-refractivity contribution is 5.79. The summed E-state index contributed by atoms with van der Waals surface area (Å²) in [6, 6.07) is 11.5. The van der Waals surface area contributed by atoms with E-state index in [2.05, 4.69) is 10.2 Å². The van der Waals surface area contributed by atoms with Crippen LogP contribution in [-0.2, 0) is 11.3 Å². The molecular formula is C22H26F2N2O. The van der Waals surface area contributed by atoms with E-state index in [4.69, 9.17) is 0 Å². The number of nitrogens with zero attached hydrogens (tertiary/aromatic N) is 1. The van der Waals surface area contributed by atoms with Crippen molar-refractivity contribution in [3.63, 3.8) is 0 Å². The summed E-state index contributed by atoms with van der Waals surface area (Å²) in [5.41, 5.74) is 2.18. The first-order valence-corrected chi connectivity index (χ1v) is 9.49. The lowest BCUT2D eigenvalue weighted by molar-refractivity contribution is -0.127. The van der Waals surface area contributed by atoms with Gasteiger partial charge in [-0.2, -0.15) is 0 Å². The van der Waals surface area contributed by atoms with Crippen molar-refractivity contribution in [3.8, 4) is 11.1 Å². The summed E-state index contributed by atoms with van der Waals surface area (Å²) in [6.45, 7) is 6.33. The molecule has 1 fully saturated rings. The van der Waals surface area contributed by atoms with E-state index in [0.29, 0.717) is 12.1 Å². The molecule has 2 aromatic carbocycles. The van der Waals surface area contributed by atoms with Crippen LogP contribution in [0.5, 0.6) is 0 Å². The number of piperidine rings is 1. The first-order chi connectivity index (χ1) is 12.9. The summed E-state index contributed by atoms with van der Waals surface area (Å²) in [5.74, 6) is -1.00. The highest BCUT2D eigenvalue weighted by Crippen LogP contribution is 2.26. The Morgan fingerprint density at radius 3 is 2.78 bits per heavy atom. The minimum Gasteiger partial charge on any atom is -0.354 e. The van der Waals surface area contributed by atoms with E-state index in [-0.39, 0.29) is 17.9 Å². The lowest BCUT2D eigenvalue weighted by atomic mass is 9.96. The van der Waals surface area contributed by atoms with Gasteiger partial charge in [0.1, 0.15) is 11.6 Å². The van der Waals surface area contributed by atoms with Crippen molar-refractivity contribution >= 4 is 5.91 Å². The topological polar surface area (TPSA) is 32.3 Å². The number of likely N-dealkylation sites (tertiary alicyclic amines) is 1. The smallest absolute Gasteiger partial charge is 0.224 e. The molecule has 0 saturated carbocycles. The number of amides is 1. The molecule has 0 aromatic heterocycles. The third-order valence-corrected chi connectivity index (χ3v) is 4.88. The quantitative estimate of drug-likeness (QED) is 0.845. The summed E-state index contributed by atoms with van der Waals surface area (Å²) in [7, 11) is 0. The van der Waals surface area contributed by atoms with Gasteiger partial charge in [0.2, 0.25) is 5.91 Å². The molecule has 2 aromatic rings. The molecule has 27 heavy (non-hydrogen) atoms. The first kappa shape index (κ1) is 19.5. The largest absolute Gasteiger partial charge is 0.354 e. The molecule has 3 rings (SSSR count). The van der Waals surface area contributed by atoms with Gasteiger partial charge >= 0.3 is 0 Å². The number of rotatable bonds is 5. The molecule has 0 spiro atoms. The zero-order valence-corrected chi connectivity index (χ0v) is 15.8. The van der Waals surface area contributed by atoms with Gasteiger partial charge in [-0.15, -0.1) is 0 Å². The van der Waals surface area contributed by atoms with Gasteiger partial charge in [0.15, 0.2) is 0 Å². The van der Waals surface area contributed by atoms with E-state index in [9.17, 15) is 13.6 Å². The summed E-state index contributed by atoms with van der Waals surface area (Å²) in [5, 5.41) is 3.00. The standard InChI is InChI=1S/C22H26F2N2O/c1-15(2)25-22(27)18-7-4-10-26(14-18)13-16-5-3-6-17(11-16)20-9-8-19(23)12-21(20)24/h3,5-6,8-9,11-12,15,18H,4,7,10,13-14H2,1-2H3,(H,25,27). The van der Waals surface area contributed by atoms with Crippen molar-refractivity contribution in [2.45, 2.75) is 39.3 Å². The molecule has 3 nitrogen and oxygen atoms in total. The second-order valence-corrected chi connectivity index (χ2v) is 7.56. The van der Waals surface area contributed by atoms with Crippen molar-refractivity contribution < 1.29 is 13.6 Å². The maximum Gasteiger partial charge on any atom is 0.224 e. The molecule has 1 aliphatic heterocycles. The van der Waals surface area contributed by atoms with Gasteiger partial charge < -0.3 is 5.32 Å². The number of hydrogen-bond donors (Lipinski definition) is 1. The molecule has 1 atom stereocenters. The van der Waals surface area contributed by atoms with E-state index in [1.54, 1.807) is 0 Å². The fourth-order valence-electron chi connectivity index (χ4n) is 3.63. The van der Waals surface area contributed by atoms with Crippen molar-refractivity contribution in [2.24, 2.45) is 5.92 Å². The Bertz CT molecular complexity index is 807. The second-order valence-electron chi connectivity index (χ2n) is 7.56. The molecule has 1 aliphatic rings.